The van der Waals surface area contributed by atoms with Crippen LogP contribution in [-0.4, -0.2) is 89.9 Å². The Morgan fingerprint density at radius 2 is 1.65 bits per heavy atom. The fourth-order valence-corrected chi connectivity index (χ4v) is 3.97. The van der Waals surface area contributed by atoms with E-state index in [1.54, 1.807) is 4.68 Å². The minimum absolute atomic E-state index is 0.561. The predicted octanol–water partition coefficient (Wildman–Crippen LogP) is 3.20. The zero-order valence-electron chi connectivity index (χ0n) is 22.4. The molecule has 0 atom stereocenters. The molecule has 0 bridgehead atoms. The Kier molecular flexibility index (Phi) is 8.32. The number of likely N-dealkylation sites (N-methyl/N-ethyl adjacent to an activating group) is 1. The molecule has 1 saturated heterocycles. The van der Waals surface area contributed by atoms with Gasteiger partial charge < -0.3 is 20.2 Å². The number of hydrogen-bond acceptors (Lipinski definition) is 9. The van der Waals surface area contributed by atoms with E-state index in [9.17, 15) is 13.2 Å². The molecule has 1 aromatic carbocycles. The highest BCUT2D eigenvalue weighted by molar-refractivity contribution is 5.73. The topological polar surface area (TPSA) is 130 Å². The van der Waals surface area contributed by atoms with E-state index in [1.165, 1.54) is 0 Å². The number of nitrogens with zero attached hydrogens (tertiary/aromatic N) is 9. The third kappa shape index (κ3) is 7.11. The monoisotopic (exact) mass is 558 g/mol. The van der Waals surface area contributed by atoms with Crippen LogP contribution in [0.3, 0.4) is 0 Å². The number of carbonyl (C=O) groups is 1. The molecular weight excluding hydrogens is 529 g/mol. The molecule has 40 heavy (non-hydrogen) atoms. The van der Waals surface area contributed by atoms with E-state index >= 15 is 0 Å². The molecule has 5 rings (SSSR count). The van der Waals surface area contributed by atoms with E-state index in [2.05, 4.69) is 37.3 Å². The molecule has 0 aliphatic carbocycles. The number of piperazine rings is 1. The zero-order chi connectivity index (χ0) is 29.0. The van der Waals surface area contributed by atoms with Crippen molar-refractivity contribution in [3.63, 3.8) is 0 Å². The number of nitrogens with one attached hydrogen (secondary N) is 1. The highest BCUT2D eigenvalue weighted by Gasteiger charge is 2.38. The molecule has 15 heteroatoms. The summed E-state index contributed by atoms with van der Waals surface area (Å²) < 4.78 is 35.4. The third-order valence-corrected chi connectivity index (χ3v) is 6.03. The second-order valence-electron chi connectivity index (χ2n) is 9.22. The highest BCUT2D eigenvalue weighted by atomic mass is 19.4. The van der Waals surface area contributed by atoms with Crippen LogP contribution in [0.1, 0.15) is 11.6 Å². The predicted molar refractivity (Wildman–Crippen MR) is 142 cm³/mol. The van der Waals surface area contributed by atoms with Gasteiger partial charge in [0.15, 0.2) is 0 Å². The van der Waals surface area contributed by atoms with E-state index in [0.29, 0.717) is 5.95 Å². The Morgan fingerprint density at radius 3 is 2.17 bits per heavy atom. The van der Waals surface area contributed by atoms with Gasteiger partial charge in [-0.2, -0.15) is 28.4 Å². The number of halogens is 3. The van der Waals surface area contributed by atoms with Crippen molar-refractivity contribution in [2.75, 3.05) is 43.4 Å². The molecule has 1 aliphatic rings. The minimum atomic E-state index is -5.08. The van der Waals surface area contributed by atoms with Crippen molar-refractivity contribution in [2.45, 2.75) is 20.0 Å². The lowest BCUT2D eigenvalue weighted by Crippen LogP contribution is -2.44. The van der Waals surface area contributed by atoms with Gasteiger partial charge in [-0.1, -0.05) is 0 Å². The molecule has 4 heterocycles. The van der Waals surface area contributed by atoms with Crippen LogP contribution in [0.25, 0.3) is 16.9 Å². The molecule has 0 saturated carbocycles. The van der Waals surface area contributed by atoms with Crippen molar-refractivity contribution in [1.82, 2.24) is 39.4 Å². The number of alkyl halides is 3. The minimum Gasteiger partial charge on any atom is -0.475 e. The van der Waals surface area contributed by atoms with Gasteiger partial charge in [-0.25, -0.2) is 19.4 Å². The second kappa shape index (κ2) is 11.7. The molecule has 2 N–H and O–H groups in total. The average Bonchev–Trinajstić information content (AvgIpc) is 3.49. The molecule has 1 fully saturated rings. The smallest absolute Gasteiger partial charge is 0.475 e. The molecule has 4 aromatic rings. The summed E-state index contributed by atoms with van der Waals surface area (Å²) >= 11 is 0. The van der Waals surface area contributed by atoms with Crippen LogP contribution in [-0.2, 0) is 11.8 Å². The Bertz CT molecular complexity index is 1460. The summed E-state index contributed by atoms with van der Waals surface area (Å²) in [5, 5.41) is 19.3. The molecule has 0 amide bonds. The van der Waals surface area contributed by atoms with E-state index in [-0.39, 0.29) is 0 Å². The Labute approximate surface area is 228 Å². The first-order valence-electron chi connectivity index (χ1n) is 12.3. The number of rotatable bonds is 5. The van der Waals surface area contributed by atoms with E-state index in [1.807, 2.05) is 68.3 Å². The van der Waals surface area contributed by atoms with Gasteiger partial charge in [0.1, 0.15) is 17.5 Å². The molecular formula is C25H29F3N10O2. The number of aromatic nitrogens is 7. The number of aliphatic carboxylic acids is 1. The van der Waals surface area contributed by atoms with E-state index in [0.717, 1.165) is 66.3 Å². The fraction of sp³-hybridized carbons (Fsp3) is 0.360. The first kappa shape index (κ1) is 28.5. The van der Waals surface area contributed by atoms with Crippen molar-refractivity contribution in [2.24, 2.45) is 7.05 Å². The molecule has 0 unspecified atom stereocenters. The quantitative estimate of drug-likeness (QED) is 0.377. The first-order chi connectivity index (χ1) is 18.9. The molecule has 212 valence electrons. The maximum atomic E-state index is 10.6. The van der Waals surface area contributed by atoms with Gasteiger partial charge >= 0.3 is 12.1 Å². The van der Waals surface area contributed by atoms with Crippen LogP contribution >= 0.6 is 0 Å². The summed E-state index contributed by atoms with van der Waals surface area (Å²) in [4.78, 5) is 27.5. The van der Waals surface area contributed by atoms with Gasteiger partial charge in [-0.3, -0.25) is 4.68 Å². The van der Waals surface area contributed by atoms with E-state index < -0.39 is 12.1 Å². The van der Waals surface area contributed by atoms with Crippen molar-refractivity contribution in [3.8, 4) is 16.9 Å². The fourth-order valence-electron chi connectivity index (χ4n) is 3.97. The number of carboxylic acid groups (broad SMARTS) is 1. The van der Waals surface area contributed by atoms with Gasteiger partial charge in [-0.05, 0) is 45.2 Å². The Morgan fingerprint density at radius 1 is 1.00 bits per heavy atom. The number of anilines is 3. The van der Waals surface area contributed by atoms with Crippen molar-refractivity contribution >= 4 is 23.4 Å². The van der Waals surface area contributed by atoms with Crippen molar-refractivity contribution in [3.05, 3.63) is 54.4 Å². The largest absolute Gasteiger partial charge is 0.490 e. The SMILES string of the molecule is Cc1nc(C)n(-c2ccc(Nc3nc(-c4cnn(C)c4)cc(N4CCN(C)CC4)n3)cc2)n1.O=C(O)C(F)(F)F. The standard InChI is InChI=1S/C23H28N10.C2HF3O2/c1-16-25-17(2)33(29-16)20-7-5-19(6-8-20)26-23-27-21(18-14-24-31(4)15-18)13-22(28-23)32-11-9-30(3)10-12-32;3-2(4,5)1(6)7/h5-8,13-15H,9-12H2,1-4H3,(H,26,27,28);(H,6,7). The van der Waals surface area contributed by atoms with Gasteiger partial charge in [0.05, 0.1) is 17.6 Å². The number of hydrogen-bond donors (Lipinski definition) is 2. The normalized spacial score (nSPS) is 14.0. The molecule has 12 nitrogen and oxygen atoms in total. The van der Waals surface area contributed by atoms with E-state index in [4.69, 9.17) is 19.9 Å². The second-order valence-corrected chi connectivity index (χ2v) is 9.22. The lowest BCUT2D eigenvalue weighted by molar-refractivity contribution is -0.192. The summed E-state index contributed by atoms with van der Waals surface area (Å²) in [7, 11) is 4.06. The Balaban J connectivity index is 0.000000470. The van der Waals surface area contributed by atoms with Crippen molar-refractivity contribution < 1.29 is 23.1 Å². The summed E-state index contributed by atoms with van der Waals surface area (Å²) in [5.41, 5.74) is 3.67. The molecule has 0 spiro atoms. The van der Waals surface area contributed by atoms with Crippen LogP contribution in [0.5, 0.6) is 0 Å². The van der Waals surface area contributed by atoms with Gasteiger partial charge in [0, 0.05) is 56.7 Å². The van der Waals surface area contributed by atoms with Gasteiger partial charge in [0.25, 0.3) is 0 Å². The van der Waals surface area contributed by atoms with Crippen LogP contribution in [0.2, 0.25) is 0 Å². The summed E-state index contributed by atoms with van der Waals surface area (Å²) in [6, 6.07) is 10.1. The van der Waals surface area contributed by atoms with Gasteiger partial charge in [0.2, 0.25) is 5.95 Å². The van der Waals surface area contributed by atoms with Crippen LogP contribution in [0.4, 0.5) is 30.6 Å². The first-order valence-corrected chi connectivity index (χ1v) is 12.3. The third-order valence-electron chi connectivity index (χ3n) is 6.03. The lowest BCUT2D eigenvalue weighted by atomic mass is 10.2. The van der Waals surface area contributed by atoms with Crippen molar-refractivity contribution in [1.29, 1.82) is 0 Å². The zero-order valence-corrected chi connectivity index (χ0v) is 22.4. The lowest BCUT2D eigenvalue weighted by Gasteiger charge is -2.33. The maximum absolute atomic E-state index is 10.6. The average molecular weight is 559 g/mol. The highest BCUT2D eigenvalue weighted by Crippen LogP contribution is 2.26. The number of carboxylic acids is 1. The molecule has 1 aliphatic heterocycles. The number of benzene rings is 1. The molecule has 0 radical (unpaired) electrons. The summed E-state index contributed by atoms with van der Waals surface area (Å²) in [6.45, 7) is 7.73. The van der Waals surface area contributed by atoms with Gasteiger partial charge in [-0.15, -0.1) is 0 Å². The van der Waals surface area contributed by atoms with Crippen LogP contribution in [0, 0.1) is 13.8 Å². The summed E-state index contributed by atoms with van der Waals surface area (Å²) in [5.74, 6) is 0.340. The van der Waals surface area contributed by atoms with Crippen LogP contribution < -0.4 is 10.2 Å². The Hall–Kier alpha value is -4.53. The maximum Gasteiger partial charge on any atom is 0.490 e. The van der Waals surface area contributed by atoms with Crippen LogP contribution in [0.15, 0.2) is 42.7 Å². The molecule has 3 aromatic heterocycles. The summed E-state index contributed by atoms with van der Waals surface area (Å²) in [6.07, 6.45) is -1.28. The number of aryl methyl sites for hydroxylation is 3.